The van der Waals surface area contributed by atoms with Gasteiger partial charge in [0, 0.05) is 6.42 Å². The lowest BCUT2D eigenvalue weighted by Crippen LogP contribution is -2.36. The first-order valence-corrected chi connectivity index (χ1v) is 6.04. The van der Waals surface area contributed by atoms with E-state index in [0.29, 0.717) is 0 Å². The Morgan fingerprint density at radius 1 is 1.24 bits per heavy atom. The van der Waals surface area contributed by atoms with Crippen molar-refractivity contribution < 1.29 is 31.5 Å². The summed E-state index contributed by atoms with van der Waals surface area (Å²) in [6, 6.07) is 0. The Labute approximate surface area is 99.9 Å². The van der Waals surface area contributed by atoms with Crippen LogP contribution in [0.5, 0.6) is 0 Å². The van der Waals surface area contributed by atoms with Gasteiger partial charge in [-0.2, -0.15) is 33.7 Å². The summed E-state index contributed by atoms with van der Waals surface area (Å²) in [5.74, 6) is -5.13. The summed E-state index contributed by atoms with van der Waals surface area (Å²) in [7, 11) is 0. The van der Waals surface area contributed by atoms with Gasteiger partial charge in [0.1, 0.15) is 0 Å². The molecule has 0 amide bonds. The molecule has 0 aromatic heterocycles. The van der Waals surface area contributed by atoms with Gasteiger partial charge in [-0.15, -0.1) is 0 Å². The zero-order chi connectivity index (χ0) is 13.5. The number of rotatable bonds is 7. The van der Waals surface area contributed by atoms with Crippen LogP contribution < -0.4 is 0 Å². The second-order valence-electron chi connectivity index (χ2n) is 3.16. The molecule has 2 nitrogen and oxygen atoms in total. The number of hydrogen-bond acceptors (Lipinski definition) is 3. The van der Waals surface area contributed by atoms with Crippen LogP contribution in [0.2, 0.25) is 0 Å². The zero-order valence-electron chi connectivity index (χ0n) is 9.15. The predicted octanol–water partition coefficient (Wildman–Crippen LogP) is 3.26. The fourth-order valence-electron chi connectivity index (χ4n) is 0.896. The van der Waals surface area contributed by atoms with Crippen LogP contribution in [-0.2, 0) is 9.53 Å². The van der Waals surface area contributed by atoms with Crippen molar-refractivity contribution in [2.24, 2.45) is 0 Å². The number of hydrogen-bond donors (Lipinski definition) is 0. The van der Waals surface area contributed by atoms with Gasteiger partial charge < -0.3 is 4.74 Å². The quantitative estimate of drug-likeness (QED) is 0.407. The summed E-state index contributed by atoms with van der Waals surface area (Å²) in [5.41, 5.74) is 0. The summed E-state index contributed by atoms with van der Waals surface area (Å²) in [6.45, 7) is 1.83. The Bertz CT molecular complexity index is 242. The highest BCUT2D eigenvalue weighted by atomic mass is 32.2. The minimum absolute atomic E-state index is 0.0363. The van der Waals surface area contributed by atoms with Crippen molar-refractivity contribution in [1.82, 2.24) is 0 Å². The minimum atomic E-state index is -5.50. The van der Waals surface area contributed by atoms with Crippen molar-refractivity contribution >= 4 is 17.7 Å². The van der Waals surface area contributed by atoms with E-state index in [0.717, 1.165) is 11.8 Å². The number of ether oxygens (including phenoxy) is 1. The van der Waals surface area contributed by atoms with Gasteiger partial charge in [0.25, 0.3) is 0 Å². The molecule has 0 radical (unpaired) electrons. The van der Waals surface area contributed by atoms with Gasteiger partial charge in [0.05, 0.1) is 12.4 Å². The average molecular weight is 280 g/mol. The number of alkyl halides is 5. The number of halogens is 5. The second kappa shape index (κ2) is 7.03. The molecule has 0 unspecified atom stereocenters. The molecule has 0 atom stereocenters. The summed E-state index contributed by atoms with van der Waals surface area (Å²) >= 11 is 0.977. The van der Waals surface area contributed by atoms with E-state index in [2.05, 4.69) is 4.74 Å². The van der Waals surface area contributed by atoms with Crippen molar-refractivity contribution in [3.05, 3.63) is 0 Å². The van der Waals surface area contributed by atoms with E-state index in [4.69, 9.17) is 0 Å². The van der Waals surface area contributed by atoms with E-state index in [-0.39, 0.29) is 24.5 Å². The van der Waals surface area contributed by atoms with Crippen LogP contribution in [0.1, 0.15) is 19.8 Å². The third-order valence-corrected chi connectivity index (χ3v) is 2.74. The van der Waals surface area contributed by atoms with Gasteiger partial charge in [-0.05, 0) is 19.1 Å². The maximum Gasteiger partial charge on any atom is 0.453 e. The average Bonchev–Trinajstić information content (AvgIpc) is 2.15. The third-order valence-electron chi connectivity index (χ3n) is 1.72. The Morgan fingerprint density at radius 2 is 1.82 bits per heavy atom. The standard InChI is InChI=1S/C9H13F5O2S/c1-2-16-7(15)6-17-5-3-4-8(10,11)9(12,13)14/h2-6H2,1H3. The summed E-state index contributed by atoms with van der Waals surface area (Å²) in [6.07, 6.45) is -7.07. The lowest BCUT2D eigenvalue weighted by Gasteiger charge is -2.18. The monoisotopic (exact) mass is 280 g/mol. The van der Waals surface area contributed by atoms with E-state index in [1.807, 2.05) is 0 Å². The van der Waals surface area contributed by atoms with Crippen molar-refractivity contribution in [2.45, 2.75) is 31.9 Å². The van der Waals surface area contributed by atoms with Crippen LogP contribution >= 0.6 is 11.8 Å². The fourth-order valence-corrected chi connectivity index (χ4v) is 1.64. The van der Waals surface area contributed by atoms with Gasteiger partial charge in [-0.25, -0.2) is 0 Å². The van der Waals surface area contributed by atoms with Crippen molar-refractivity contribution in [2.75, 3.05) is 18.1 Å². The lowest BCUT2D eigenvalue weighted by atomic mass is 10.2. The number of thioether (sulfide) groups is 1. The van der Waals surface area contributed by atoms with E-state index in [9.17, 15) is 26.7 Å². The molecule has 0 aromatic rings. The Morgan fingerprint density at radius 3 is 2.29 bits per heavy atom. The first-order valence-electron chi connectivity index (χ1n) is 4.88. The van der Waals surface area contributed by atoms with E-state index in [1.165, 1.54) is 0 Å². The SMILES string of the molecule is CCOC(=O)CSCCCC(F)(F)C(F)(F)F. The van der Waals surface area contributed by atoms with Crippen molar-refractivity contribution in [3.8, 4) is 0 Å². The first-order chi connectivity index (χ1) is 7.70. The molecule has 0 saturated carbocycles. The summed E-state index contributed by atoms with van der Waals surface area (Å²) in [5, 5.41) is 0. The molecule has 0 aromatic carbocycles. The highest BCUT2D eigenvalue weighted by molar-refractivity contribution is 7.99. The van der Waals surface area contributed by atoms with Crippen LogP contribution in [0, 0.1) is 0 Å². The number of carbonyl (C=O) groups is 1. The topological polar surface area (TPSA) is 26.3 Å². The molecule has 0 heterocycles. The first kappa shape index (κ1) is 16.5. The number of carbonyl (C=O) groups excluding carboxylic acids is 1. The molecule has 0 aliphatic heterocycles. The highest BCUT2D eigenvalue weighted by Crippen LogP contribution is 2.38. The molecule has 0 bridgehead atoms. The maximum atomic E-state index is 12.4. The van der Waals surface area contributed by atoms with Gasteiger partial charge >= 0.3 is 18.1 Å². The summed E-state index contributed by atoms with van der Waals surface area (Å²) in [4.78, 5) is 10.8. The van der Waals surface area contributed by atoms with E-state index >= 15 is 0 Å². The molecule has 102 valence electrons. The van der Waals surface area contributed by atoms with Gasteiger partial charge in [-0.3, -0.25) is 4.79 Å². The molecular formula is C9H13F5O2S. The molecule has 0 saturated heterocycles. The molecule has 0 spiro atoms. The molecule has 0 aliphatic rings. The van der Waals surface area contributed by atoms with Crippen LogP contribution in [0.3, 0.4) is 0 Å². The van der Waals surface area contributed by atoms with Crippen LogP contribution in [0.25, 0.3) is 0 Å². The molecule has 0 fully saturated rings. The van der Waals surface area contributed by atoms with Crippen molar-refractivity contribution in [3.63, 3.8) is 0 Å². The molecule has 8 heteroatoms. The Kier molecular flexibility index (Phi) is 6.81. The van der Waals surface area contributed by atoms with Gasteiger partial charge in [0.2, 0.25) is 0 Å². The fraction of sp³-hybridized carbons (Fsp3) is 0.889. The third kappa shape index (κ3) is 6.70. The van der Waals surface area contributed by atoms with Crippen LogP contribution in [0.15, 0.2) is 0 Å². The molecule has 0 rings (SSSR count). The van der Waals surface area contributed by atoms with Crippen LogP contribution in [0.4, 0.5) is 22.0 Å². The van der Waals surface area contributed by atoms with E-state index < -0.39 is 24.5 Å². The largest absolute Gasteiger partial charge is 0.465 e. The predicted molar refractivity (Wildman–Crippen MR) is 54.2 cm³/mol. The van der Waals surface area contributed by atoms with Crippen LogP contribution in [-0.4, -0.2) is 36.2 Å². The molecule has 17 heavy (non-hydrogen) atoms. The number of esters is 1. The summed E-state index contributed by atoms with van der Waals surface area (Å²) < 4.78 is 64.6. The molecule has 0 aliphatic carbocycles. The maximum absolute atomic E-state index is 12.4. The Hall–Kier alpha value is -0.530. The smallest absolute Gasteiger partial charge is 0.453 e. The molecule has 0 N–H and O–H groups in total. The zero-order valence-corrected chi connectivity index (χ0v) is 9.97. The van der Waals surface area contributed by atoms with Gasteiger partial charge in [0.15, 0.2) is 0 Å². The Balaban J connectivity index is 3.69. The highest BCUT2D eigenvalue weighted by Gasteiger charge is 2.56. The van der Waals surface area contributed by atoms with Gasteiger partial charge in [-0.1, -0.05) is 0 Å². The van der Waals surface area contributed by atoms with E-state index in [1.54, 1.807) is 6.92 Å². The minimum Gasteiger partial charge on any atom is -0.465 e. The lowest BCUT2D eigenvalue weighted by molar-refractivity contribution is -0.284. The second-order valence-corrected chi connectivity index (χ2v) is 4.27. The van der Waals surface area contributed by atoms with Crippen molar-refractivity contribution in [1.29, 1.82) is 0 Å². The molecular weight excluding hydrogens is 267 g/mol. The normalized spacial score (nSPS) is 12.6.